The van der Waals surface area contributed by atoms with Crippen LogP contribution in [0.3, 0.4) is 0 Å². The molecule has 9 heteroatoms. The summed E-state index contributed by atoms with van der Waals surface area (Å²) in [6.45, 7) is 11.9. The Morgan fingerprint density at radius 3 is 2.61 bits per heavy atom. The minimum Gasteiger partial charge on any atom is -0.404 e. The molecule has 2 bridgehead atoms. The van der Waals surface area contributed by atoms with Crippen molar-refractivity contribution < 1.29 is 18.9 Å². The van der Waals surface area contributed by atoms with Crippen LogP contribution in [0.2, 0.25) is 0 Å². The zero-order valence-electron chi connectivity index (χ0n) is 25.4. The van der Waals surface area contributed by atoms with E-state index in [0.29, 0.717) is 37.8 Å². The van der Waals surface area contributed by atoms with Crippen LogP contribution in [0.25, 0.3) is 0 Å². The third kappa shape index (κ3) is 6.01. The molecule has 3 amide bonds. The molecule has 2 heterocycles. The fourth-order valence-electron chi connectivity index (χ4n) is 7.97. The first-order valence-corrected chi connectivity index (χ1v) is 15.6. The SMILES string of the molecule is CC(C)CC(C#N)C(=O)N1CCCC[C@H]1CNC(=O)N[C@@H](Cc1ccccc1)B1O[C@@H]2C[C@@H]3C[C@@H](C3(C)C)[C@]2(C)O1. The molecule has 1 unspecified atom stereocenters. The molecular weight excluding hydrogens is 515 g/mol. The van der Waals surface area contributed by atoms with Crippen molar-refractivity contribution in [3.63, 3.8) is 0 Å². The molecule has 6 rings (SSSR count). The minimum absolute atomic E-state index is 0.0353. The van der Waals surface area contributed by atoms with Crippen molar-refractivity contribution in [1.29, 1.82) is 5.26 Å². The predicted molar refractivity (Wildman–Crippen MR) is 158 cm³/mol. The Labute approximate surface area is 246 Å². The molecule has 0 radical (unpaired) electrons. The lowest BCUT2D eigenvalue weighted by Crippen LogP contribution is -2.65. The number of carbonyl (C=O) groups is 2. The largest absolute Gasteiger partial charge is 0.482 e. The van der Waals surface area contributed by atoms with Gasteiger partial charge in [-0.3, -0.25) is 4.79 Å². The summed E-state index contributed by atoms with van der Waals surface area (Å²) in [4.78, 5) is 28.4. The number of likely N-dealkylation sites (tertiary alicyclic amines) is 1. The van der Waals surface area contributed by atoms with E-state index in [-0.39, 0.29) is 47.0 Å². The van der Waals surface area contributed by atoms with E-state index >= 15 is 0 Å². The lowest BCUT2D eigenvalue weighted by atomic mass is 9.43. The van der Waals surface area contributed by atoms with Crippen LogP contribution < -0.4 is 10.6 Å². The second kappa shape index (κ2) is 12.0. The van der Waals surface area contributed by atoms with Crippen LogP contribution in [-0.4, -0.2) is 60.7 Å². The molecular formula is C32H47BN4O4. The Hall–Kier alpha value is -2.57. The predicted octanol–water partition coefficient (Wildman–Crippen LogP) is 4.73. The minimum atomic E-state index is -0.641. The number of piperidine rings is 1. The van der Waals surface area contributed by atoms with E-state index in [4.69, 9.17) is 9.31 Å². The summed E-state index contributed by atoms with van der Waals surface area (Å²) in [5.41, 5.74) is 0.991. The highest BCUT2D eigenvalue weighted by Crippen LogP contribution is 2.65. The Bertz CT molecular complexity index is 1140. The van der Waals surface area contributed by atoms with Gasteiger partial charge in [-0.15, -0.1) is 0 Å². The van der Waals surface area contributed by atoms with Crippen molar-refractivity contribution in [3.8, 4) is 6.07 Å². The number of urea groups is 1. The number of nitrogens with zero attached hydrogens (tertiary/aromatic N) is 2. The molecule has 8 nitrogen and oxygen atoms in total. The van der Waals surface area contributed by atoms with Gasteiger partial charge in [0.2, 0.25) is 5.91 Å². The van der Waals surface area contributed by atoms with Crippen molar-refractivity contribution in [2.45, 2.75) is 103 Å². The van der Waals surface area contributed by atoms with Gasteiger partial charge in [0, 0.05) is 19.1 Å². The standard InChI is InChI=1S/C32H47BN4O4/c1-21(2)15-23(19-34)29(38)37-14-10-9-13-25(37)20-35-30(39)36-28(16-22-11-7-6-8-12-22)33-40-27-18-24-17-26(31(24,3)4)32(27,5)41-33/h6-8,11-12,21,23-28H,9-10,13-18,20H2,1-5H3,(H2,35,36,39)/t23?,24-,25-,26-,27+,28-,32-/m0/s1. The number of amides is 3. The van der Waals surface area contributed by atoms with Crippen LogP contribution in [0.15, 0.2) is 30.3 Å². The summed E-state index contributed by atoms with van der Waals surface area (Å²) in [5.74, 6) is 0.243. The van der Waals surface area contributed by atoms with Gasteiger partial charge in [-0.25, -0.2) is 4.79 Å². The molecule has 5 aliphatic rings. The number of nitriles is 1. The van der Waals surface area contributed by atoms with Crippen molar-refractivity contribution in [3.05, 3.63) is 35.9 Å². The summed E-state index contributed by atoms with van der Waals surface area (Å²) in [6, 6.07) is 11.9. The third-order valence-corrected chi connectivity index (χ3v) is 10.5. The van der Waals surface area contributed by atoms with Gasteiger partial charge < -0.3 is 24.8 Å². The van der Waals surface area contributed by atoms with Crippen LogP contribution >= 0.6 is 0 Å². The molecule has 0 spiro atoms. The Kier molecular flexibility index (Phi) is 8.73. The van der Waals surface area contributed by atoms with Gasteiger partial charge in [0.15, 0.2) is 0 Å². The van der Waals surface area contributed by atoms with Crippen molar-refractivity contribution in [2.24, 2.45) is 29.1 Å². The normalized spacial score (nSPS) is 31.4. The molecule has 3 aliphatic carbocycles. The summed E-state index contributed by atoms with van der Waals surface area (Å²) in [5, 5.41) is 15.9. The third-order valence-electron chi connectivity index (χ3n) is 10.5. The summed E-state index contributed by atoms with van der Waals surface area (Å²) in [7, 11) is -0.536. The van der Waals surface area contributed by atoms with E-state index in [2.05, 4.69) is 49.6 Å². The fraction of sp³-hybridized carbons (Fsp3) is 0.719. The van der Waals surface area contributed by atoms with Gasteiger partial charge in [-0.2, -0.15) is 5.26 Å². The van der Waals surface area contributed by atoms with Crippen LogP contribution in [0.1, 0.15) is 78.7 Å². The number of carbonyl (C=O) groups excluding carboxylic acids is 2. The number of benzene rings is 1. The molecule has 1 aromatic carbocycles. The van der Waals surface area contributed by atoms with Crippen LogP contribution in [0.5, 0.6) is 0 Å². The smallest absolute Gasteiger partial charge is 0.404 e. The number of nitrogens with one attached hydrogen (secondary N) is 2. The molecule has 7 atom stereocenters. The number of hydrogen-bond donors (Lipinski definition) is 2. The van der Waals surface area contributed by atoms with Gasteiger partial charge in [0.25, 0.3) is 0 Å². The Morgan fingerprint density at radius 1 is 1.17 bits per heavy atom. The fourth-order valence-corrected chi connectivity index (χ4v) is 7.97. The van der Waals surface area contributed by atoms with Gasteiger partial charge in [-0.1, -0.05) is 58.0 Å². The van der Waals surface area contributed by atoms with E-state index in [0.717, 1.165) is 31.2 Å². The van der Waals surface area contributed by atoms with Crippen LogP contribution in [-0.2, 0) is 20.5 Å². The van der Waals surface area contributed by atoms with E-state index in [1.54, 1.807) is 0 Å². The Balaban J connectivity index is 1.24. The maximum Gasteiger partial charge on any atom is 0.482 e. The summed E-state index contributed by atoms with van der Waals surface area (Å²) >= 11 is 0. The van der Waals surface area contributed by atoms with Crippen molar-refractivity contribution in [1.82, 2.24) is 15.5 Å². The second-order valence-electron chi connectivity index (χ2n) is 14.0. The number of rotatable bonds is 9. The molecule has 3 saturated carbocycles. The maximum absolute atomic E-state index is 13.3. The first-order valence-electron chi connectivity index (χ1n) is 15.6. The average Bonchev–Trinajstić information content (AvgIpc) is 3.32. The van der Waals surface area contributed by atoms with E-state index in [9.17, 15) is 14.9 Å². The topological polar surface area (TPSA) is 104 Å². The highest BCUT2D eigenvalue weighted by Gasteiger charge is 2.68. The highest BCUT2D eigenvalue weighted by molar-refractivity contribution is 6.48. The molecule has 2 aliphatic heterocycles. The molecule has 1 aromatic rings. The summed E-state index contributed by atoms with van der Waals surface area (Å²) in [6.07, 6.45) is 6.07. The zero-order chi connectivity index (χ0) is 29.4. The Morgan fingerprint density at radius 2 is 1.93 bits per heavy atom. The number of hydrogen-bond acceptors (Lipinski definition) is 5. The maximum atomic E-state index is 13.3. The highest BCUT2D eigenvalue weighted by atomic mass is 16.7. The second-order valence-corrected chi connectivity index (χ2v) is 14.0. The molecule has 41 heavy (non-hydrogen) atoms. The van der Waals surface area contributed by atoms with Crippen molar-refractivity contribution >= 4 is 19.1 Å². The monoisotopic (exact) mass is 562 g/mol. The lowest BCUT2D eigenvalue weighted by molar-refractivity contribution is -0.199. The molecule has 5 fully saturated rings. The van der Waals surface area contributed by atoms with Gasteiger partial charge in [0.1, 0.15) is 5.92 Å². The molecule has 0 aromatic heterocycles. The molecule has 2 N–H and O–H groups in total. The lowest BCUT2D eigenvalue weighted by Gasteiger charge is -2.64. The van der Waals surface area contributed by atoms with Gasteiger partial charge in [0.05, 0.1) is 23.7 Å². The van der Waals surface area contributed by atoms with E-state index in [1.807, 2.05) is 36.9 Å². The molecule has 222 valence electrons. The quantitative estimate of drug-likeness (QED) is 0.424. The first-order chi connectivity index (χ1) is 19.5. The summed E-state index contributed by atoms with van der Waals surface area (Å²) < 4.78 is 13.3. The van der Waals surface area contributed by atoms with E-state index in [1.165, 1.54) is 6.42 Å². The van der Waals surface area contributed by atoms with Crippen LogP contribution in [0.4, 0.5) is 4.79 Å². The van der Waals surface area contributed by atoms with Crippen molar-refractivity contribution in [2.75, 3.05) is 13.1 Å². The first kappa shape index (κ1) is 29.9. The average molecular weight is 563 g/mol. The van der Waals surface area contributed by atoms with Gasteiger partial charge in [-0.05, 0) is 80.6 Å². The zero-order valence-corrected chi connectivity index (χ0v) is 25.4. The van der Waals surface area contributed by atoms with E-state index < -0.39 is 13.0 Å². The van der Waals surface area contributed by atoms with Crippen LogP contribution in [0, 0.1) is 40.4 Å². The molecule has 2 saturated heterocycles. The van der Waals surface area contributed by atoms with Gasteiger partial charge >= 0.3 is 13.1 Å².